The third-order valence-corrected chi connectivity index (χ3v) is 1.62. The van der Waals surface area contributed by atoms with Gasteiger partial charge in [0, 0.05) is 6.20 Å². The van der Waals surface area contributed by atoms with Crippen molar-refractivity contribution < 1.29 is 24.2 Å². The number of rotatable bonds is 4. The van der Waals surface area contributed by atoms with Gasteiger partial charge < -0.3 is 9.84 Å². The Bertz CT molecular complexity index is 401. The van der Waals surface area contributed by atoms with E-state index in [2.05, 4.69) is 9.72 Å². The molecule has 0 aliphatic rings. The fraction of sp³-hybridized carbons (Fsp3) is 0.200. The van der Waals surface area contributed by atoms with Crippen molar-refractivity contribution in [2.45, 2.75) is 12.8 Å². The van der Waals surface area contributed by atoms with Crippen LogP contribution < -0.4 is 0 Å². The van der Waals surface area contributed by atoms with Crippen LogP contribution in [0.3, 0.4) is 0 Å². The third kappa shape index (κ3) is 3.87. The number of aromatic nitrogens is 1. The minimum atomic E-state index is -1.12. The molecule has 0 bridgehead atoms. The van der Waals surface area contributed by atoms with Crippen molar-refractivity contribution in [3.63, 3.8) is 0 Å². The quantitative estimate of drug-likeness (QED) is 0.594. The van der Waals surface area contributed by atoms with Crippen molar-refractivity contribution in [2.24, 2.45) is 0 Å². The average molecular weight is 223 g/mol. The summed E-state index contributed by atoms with van der Waals surface area (Å²) in [4.78, 5) is 36.1. The molecule has 0 unspecified atom stereocenters. The van der Waals surface area contributed by atoms with E-state index in [-0.39, 0.29) is 18.5 Å². The van der Waals surface area contributed by atoms with E-state index in [4.69, 9.17) is 5.11 Å². The van der Waals surface area contributed by atoms with Gasteiger partial charge in [0.2, 0.25) is 0 Å². The number of hydrogen-bond donors (Lipinski definition) is 1. The number of esters is 2. The van der Waals surface area contributed by atoms with Crippen LogP contribution in [0.25, 0.3) is 0 Å². The normalized spacial score (nSPS) is 9.50. The van der Waals surface area contributed by atoms with Crippen molar-refractivity contribution >= 4 is 17.9 Å². The fourth-order valence-corrected chi connectivity index (χ4v) is 0.899. The van der Waals surface area contributed by atoms with Gasteiger partial charge in [0.1, 0.15) is 5.69 Å². The molecule has 1 aromatic heterocycles. The second kappa shape index (κ2) is 5.59. The Kier molecular flexibility index (Phi) is 4.14. The van der Waals surface area contributed by atoms with Crippen LogP contribution in [0.1, 0.15) is 23.3 Å². The van der Waals surface area contributed by atoms with E-state index in [0.717, 1.165) is 0 Å². The Labute approximate surface area is 90.9 Å². The summed E-state index contributed by atoms with van der Waals surface area (Å²) in [6.07, 6.45) is 0.681. The highest BCUT2D eigenvalue weighted by molar-refractivity contribution is 5.95. The van der Waals surface area contributed by atoms with Crippen LogP contribution in [0.4, 0.5) is 0 Å². The maximum atomic E-state index is 11.2. The lowest BCUT2D eigenvalue weighted by atomic mass is 10.3. The molecule has 1 rings (SSSR count). The third-order valence-electron chi connectivity index (χ3n) is 1.62. The first kappa shape index (κ1) is 11.8. The summed E-state index contributed by atoms with van der Waals surface area (Å²) in [5, 5.41) is 8.31. The average Bonchev–Trinajstić information content (AvgIpc) is 2.27. The largest absolute Gasteiger partial charge is 0.481 e. The monoisotopic (exact) mass is 223 g/mol. The molecule has 0 aliphatic carbocycles. The minimum absolute atomic E-state index is 0.00572. The lowest BCUT2D eigenvalue weighted by Crippen LogP contribution is -2.14. The van der Waals surface area contributed by atoms with Gasteiger partial charge in [-0.05, 0) is 12.1 Å². The predicted octanol–water partition coefficient (Wildman–Crippen LogP) is 0.630. The van der Waals surface area contributed by atoms with Crippen LogP contribution in [0.5, 0.6) is 0 Å². The molecule has 16 heavy (non-hydrogen) atoms. The molecular weight excluding hydrogens is 214 g/mol. The molecule has 0 aromatic carbocycles. The first-order chi connectivity index (χ1) is 7.59. The number of aliphatic carboxylic acids is 1. The molecule has 0 amide bonds. The number of carbonyl (C=O) groups excluding carboxylic acids is 2. The maximum absolute atomic E-state index is 11.2. The van der Waals surface area contributed by atoms with E-state index >= 15 is 0 Å². The van der Waals surface area contributed by atoms with Crippen LogP contribution in [-0.4, -0.2) is 28.0 Å². The first-order valence-corrected chi connectivity index (χ1v) is 4.47. The number of pyridine rings is 1. The van der Waals surface area contributed by atoms with Crippen molar-refractivity contribution in [2.75, 3.05) is 0 Å². The first-order valence-electron chi connectivity index (χ1n) is 4.47. The lowest BCUT2D eigenvalue weighted by molar-refractivity contribution is -0.144. The van der Waals surface area contributed by atoms with Crippen LogP contribution in [-0.2, 0) is 14.3 Å². The summed E-state index contributed by atoms with van der Waals surface area (Å²) < 4.78 is 4.38. The van der Waals surface area contributed by atoms with E-state index < -0.39 is 17.9 Å². The van der Waals surface area contributed by atoms with E-state index in [0.29, 0.717) is 0 Å². The number of carboxylic acids is 1. The minimum Gasteiger partial charge on any atom is -0.481 e. The highest BCUT2D eigenvalue weighted by Gasteiger charge is 2.14. The molecule has 6 nitrogen and oxygen atoms in total. The molecular formula is C10H9NO5. The molecule has 0 atom stereocenters. The lowest BCUT2D eigenvalue weighted by Gasteiger charge is -2.00. The Morgan fingerprint density at radius 3 is 2.56 bits per heavy atom. The van der Waals surface area contributed by atoms with Gasteiger partial charge in [-0.25, -0.2) is 9.78 Å². The smallest absolute Gasteiger partial charge is 0.364 e. The van der Waals surface area contributed by atoms with Gasteiger partial charge in [0.25, 0.3) is 0 Å². The van der Waals surface area contributed by atoms with Crippen molar-refractivity contribution in [1.82, 2.24) is 4.98 Å². The summed E-state index contributed by atoms with van der Waals surface area (Å²) in [5.74, 6) is -2.88. The van der Waals surface area contributed by atoms with Gasteiger partial charge >= 0.3 is 17.9 Å². The number of hydrogen-bond acceptors (Lipinski definition) is 5. The van der Waals surface area contributed by atoms with Gasteiger partial charge in [-0.2, -0.15) is 0 Å². The zero-order chi connectivity index (χ0) is 12.0. The van der Waals surface area contributed by atoms with Crippen molar-refractivity contribution in [3.8, 4) is 0 Å². The molecule has 84 valence electrons. The van der Waals surface area contributed by atoms with Crippen LogP contribution in [0, 0.1) is 0 Å². The molecule has 0 aliphatic heterocycles. The molecule has 0 fully saturated rings. The summed E-state index contributed by atoms with van der Waals surface area (Å²) >= 11 is 0. The van der Waals surface area contributed by atoms with Gasteiger partial charge in [0.15, 0.2) is 0 Å². The summed E-state index contributed by atoms with van der Waals surface area (Å²) in [7, 11) is 0. The van der Waals surface area contributed by atoms with Crippen LogP contribution in [0.15, 0.2) is 24.4 Å². The number of carboxylic acid groups (broad SMARTS) is 1. The SMILES string of the molecule is O=C(O)CCC(=O)OC(=O)c1ccccn1. The molecule has 0 radical (unpaired) electrons. The second-order valence-corrected chi connectivity index (χ2v) is 2.87. The van der Waals surface area contributed by atoms with E-state index in [9.17, 15) is 14.4 Å². The molecule has 0 saturated heterocycles. The Morgan fingerprint density at radius 1 is 1.25 bits per heavy atom. The number of carbonyl (C=O) groups is 3. The Morgan fingerprint density at radius 2 is 2.00 bits per heavy atom. The second-order valence-electron chi connectivity index (χ2n) is 2.87. The van der Waals surface area contributed by atoms with E-state index in [1.165, 1.54) is 12.3 Å². The zero-order valence-corrected chi connectivity index (χ0v) is 8.25. The Balaban J connectivity index is 2.46. The highest BCUT2D eigenvalue weighted by Crippen LogP contribution is 2.00. The molecule has 1 N–H and O–H groups in total. The van der Waals surface area contributed by atoms with Gasteiger partial charge in [-0.15, -0.1) is 0 Å². The topological polar surface area (TPSA) is 93.6 Å². The zero-order valence-electron chi connectivity index (χ0n) is 8.25. The van der Waals surface area contributed by atoms with Crippen molar-refractivity contribution in [3.05, 3.63) is 30.1 Å². The van der Waals surface area contributed by atoms with E-state index in [1.54, 1.807) is 12.1 Å². The van der Waals surface area contributed by atoms with Gasteiger partial charge in [-0.1, -0.05) is 6.07 Å². The van der Waals surface area contributed by atoms with Gasteiger partial charge in [-0.3, -0.25) is 9.59 Å². The number of ether oxygens (including phenoxy) is 1. The van der Waals surface area contributed by atoms with Crippen molar-refractivity contribution in [1.29, 1.82) is 0 Å². The fourth-order valence-electron chi connectivity index (χ4n) is 0.899. The molecule has 1 aromatic rings. The summed E-state index contributed by atoms with van der Waals surface area (Å²) in [6.45, 7) is 0. The highest BCUT2D eigenvalue weighted by atomic mass is 16.6. The van der Waals surface area contributed by atoms with Crippen LogP contribution in [0.2, 0.25) is 0 Å². The Hall–Kier alpha value is -2.24. The summed E-state index contributed by atoms with van der Waals surface area (Å²) in [6, 6.07) is 4.58. The number of nitrogens with zero attached hydrogens (tertiary/aromatic N) is 1. The molecule has 0 spiro atoms. The van der Waals surface area contributed by atoms with Crippen LogP contribution >= 0.6 is 0 Å². The molecule has 0 saturated carbocycles. The van der Waals surface area contributed by atoms with Gasteiger partial charge in [0.05, 0.1) is 12.8 Å². The van der Waals surface area contributed by atoms with E-state index in [1.807, 2.05) is 0 Å². The standard InChI is InChI=1S/C10H9NO5/c12-8(13)4-5-9(14)16-10(15)7-3-1-2-6-11-7/h1-3,6H,4-5H2,(H,12,13). The summed E-state index contributed by atoms with van der Waals surface area (Å²) in [5.41, 5.74) is 0.00572. The predicted molar refractivity (Wildman–Crippen MR) is 51.5 cm³/mol. The maximum Gasteiger partial charge on any atom is 0.364 e. The molecule has 6 heteroatoms. The molecule has 1 heterocycles.